The van der Waals surface area contributed by atoms with E-state index in [1.165, 1.54) is 41.3 Å². The number of nitro benzene ring substituents is 1. The third kappa shape index (κ3) is 6.00. The first-order valence-corrected chi connectivity index (χ1v) is 7.99. The number of non-ortho nitro benzene ring substituents is 1. The topological polar surface area (TPSA) is 75.9 Å². The van der Waals surface area contributed by atoms with Crippen molar-refractivity contribution in [1.29, 1.82) is 0 Å². The van der Waals surface area contributed by atoms with Gasteiger partial charge in [0.1, 0.15) is 5.75 Å². The van der Waals surface area contributed by atoms with Gasteiger partial charge >= 0.3 is 6.61 Å². The monoisotopic (exact) mass is 379 g/mol. The average molecular weight is 379 g/mol. The Kier molecular flexibility index (Phi) is 6.78. The molecule has 0 aliphatic carbocycles. The van der Waals surface area contributed by atoms with Crippen molar-refractivity contribution >= 4 is 17.3 Å². The predicted octanol–water partition coefficient (Wildman–Crippen LogP) is 3.29. The third-order valence-corrected chi connectivity index (χ3v) is 3.83. The molecule has 0 heterocycles. The van der Waals surface area contributed by atoms with Crippen LogP contribution < -0.4 is 9.64 Å². The summed E-state index contributed by atoms with van der Waals surface area (Å²) in [6, 6.07) is 11.9. The van der Waals surface area contributed by atoms with Crippen LogP contribution in [0.1, 0.15) is 5.56 Å². The summed E-state index contributed by atoms with van der Waals surface area (Å²) in [6.07, 6.45) is 0. The van der Waals surface area contributed by atoms with Crippen molar-refractivity contribution in [2.45, 2.75) is 13.2 Å². The fourth-order valence-electron chi connectivity index (χ4n) is 2.42. The van der Waals surface area contributed by atoms with Crippen molar-refractivity contribution in [3.63, 3.8) is 0 Å². The maximum atomic E-state index is 12.4. The molecule has 2 rings (SSSR count). The van der Waals surface area contributed by atoms with E-state index < -0.39 is 11.5 Å². The number of hydrogen-bond donors (Lipinski definition) is 0. The lowest BCUT2D eigenvalue weighted by atomic mass is 10.2. The number of hydrogen-bond acceptors (Lipinski definition) is 5. The summed E-state index contributed by atoms with van der Waals surface area (Å²) < 4.78 is 28.6. The second kappa shape index (κ2) is 9.04. The van der Waals surface area contributed by atoms with Crippen LogP contribution in [0.15, 0.2) is 48.5 Å². The normalized spacial score (nSPS) is 10.9. The Morgan fingerprint density at radius 3 is 2.22 bits per heavy atom. The van der Waals surface area contributed by atoms with Gasteiger partial charge in [0.2, 0.25) is 5.91 Å². The highest BCUT2D eigenvalue weighted by Crippen LogP contribution is 2.19. The molecule has 7 nitrogen and oxygen atoms in total. The molecule has 1 amide bonds. The molecule has 9 heteroatoms. The summed E-state index contributed by atoms with van der Waals surface area (Å²) in [5, 5.41) is 10.7. The number of halogens is 2. The predicted molar refractivity (Wildman–Crippen MR) is 95.9 cm³/mol. The second-order valence-corrected chi connectivity index (χ2v) is 5.92. The fourth-order valence-corrected chi connectivity index (χ4v) is 2.42. The number of ether oxygens (including phenoxy) is 1. The van der Waals surface area contributed by atoms with Crippen LogP contribution in [-0.2, 0) is 11.3 Å². The van der Waals surface area contributed by atoms with Crippen LogP contribution in [0.3, 0.4) is 0 Å². The number of benzene rings is 2. The number of nitro groups is 1. The van der Waals surface area contributed by atoms with Crippen molar-refractivity contribution in [1.82, 2.24) is 4.90 Å². The summed E-state index contributed by atoms with van der Waals surface area (Å²) in [6.45, 7) is -2.32. The van der Waals surface area contributed by atoms with E-state index in [9.17, 15) is 23.7 Å². The molecule has 0 radical (unpaired) electrons. The molecular formula is C18H19F2N3O4. The van der Waals surface area contributed by atoms with Gasteiger partial charge in [-0.2, -0.15) is 8.78 Å². The summed E-state index contributed by atoms with van der Waals surface area (Å²) in [4.78, 5) is 25.8. The Labute approximate surface area is 154 Å². The van der Waals surface area contributed by atoms with E-state index in [1.54, 1.807) is 31.1 Å². The molecular weight excluding hydrogens is 360 g/mol. The van der Waals surface area contributed by atoms with E-state index in [0.717, 1.165) is 5.56 Å². The van der Waals surface area contributed by atoms with E-state index in [0.29, 0.717) is 12.2 Å². The Bertz CT molecular complexity index is 782. The van der Waals surface area contributed by atoms with Gasteiger partial charge in [0, 0.05) is 31.4 Å². The number of anilines is 1. The van der Waals surface area contributed by atoms with Crippen LogP contribution >= 0.6 is 0 Å². The van der Waals surface area contributed by atoms with Gasteiger partial charge in [0.05, 0.1) is 11.5 Å². The molecule has 0 aliphatic heterocycles. The van der Waals surface area contributed by atoms with Crippen molar-refractivity contribution in [3.05, 3.63) is 64.2 Å². The Balaban J connectivity index is 1.91. The Hall–Kier alpha value is -3.07. The highest BCUT2D eigenvalue weighted by atomic mass is 19.3. The third-order valence-electron chi connectivity index (χ3n) is 3.83. The van der Waals surface area contributed by atoms with E-state index in [2.05, 4.69) is 4.74 Å². The Morgan fingerprint density at radius 2 is 1.70 bits per heavy atom. The zero-order valence-electron chi connectivity index (χ0n) is 14.8. The van der Waals surface area contributed by atoms with E-state index >= 15 is 0 Å². The van der Waals surface area contributed by atoms with Gasteiger partial charge in [-0.1, -0.05) is 12.1 Å². The second-order valence-electron chi connectivity index (χ2n) is 5.92. The minimum atomic E-state index is -2.87. The smallest absolute Gasteiger partial charge is 0.387 e. The lowest BCUT2D eigenvalue weighted by Crippen LogP contribution is -2.36. The van der Waals surface area contributed by atoms with Crippen LogP contribution in [0.5, 0.6) is 5.75 Å². The van der Waals surface area contributed by atoms with Crippen LogP contribution in [0, 0.1) is 10.1 Å². The zero-order valence-corrected chi connectivity index (χ0v) is 14.8. The SMILES string of the molecule is CN(CC(=O)N(C)c1ccc([N+](=O)[O-])cc1)Cc1ccc(OC(F)F)cc1. The minimum absolute atomic E-state index is 0.0454. The zero-order chi connectivity index (χ0) is 20.0. The molecule has 2 aromatic carbocycles. The summed E-state index contributed by atoms with van der Waals surface area (Å²) >= 11 is 0. The molecule has 0 fully saturated rings. The Morgan fingerprint density at radius 1 is 1.11 bits per heavy atom. The number of amides is 1. The quantitative estimate of drug-likeness (QED) is 0.520. The molecule has 2 aromatic rings. The van der Waals surface area contributed by atoms with Crippen LogP contribution in [0.2, 0.25) is 0 Å². The maximum Gasteiger partial charge on any atom is 0.387 e. The molecule has 27 heavy (non-hydrogen) atoms. The molecule has 0 aromatic heterocycles. The van der Waals surface area contributed by atoms with Gasteiger partial charge < -0.3 is 9.64 Å². The molecule has 0 saturated heterocycles. The van der Waals surface area contributed by atoms with Crippen molar-refractivity contribution in [3.8, 4) is 5.75 Å². The van der Waals surface area contributed by atoms with E-state index in [4.69, 9.17) is 0 Å². The number of rotatable bonds is 8. The van der Waals surface area contributed by atoms with Gasteiger partial charge in [-0.15, -0.1) is 0 Å². The molecule has 0 atom stereocenters. The number of alkyl halides is 2. The van der Waals surface area contributed by atoms with Gasteiger partial charge in [0.15, 0.2) is 0 Å². The molecule has 0 aliphatic rings. The van der Waals surface area contributed by atoms with Crippen LogP contribution in [-0.4, -0.2) is 43.0 Å². The highest BCUT2D eigenvalue weighted by Gasteiger charge is 2.15. The first-order valence-electron chi connectivity index (χ1n) is 7.99. The van der Waals surface area contributed by atoms with Gasteiger partial charge in [-0.25, -0.2) is 0 Å². The first-order chi connectivity index (χ1) is 12.8. The lowest BCUT2D eigenvalue weighted by Gasteiger charge is -2.22. The average Bonchev–Trinajstić information content (AvgIpc) is 2.62. The summed E-state index contributed by atoms with van der Waals surface area (Å²) in [5.74, 6) is -0.116. The summed E-state index contributed by atoms with van der Waals surface area (Å²) in [7, 11) is 3.35. The molecule has 0 N–H and O–H groups in total. The van der Waals surface area contributed by atoms with Crippen molar-refractivity contribution < 1.29 is 23.2 Å². The standard InChI is InChI=1S/C18H19F2N3O4/c1-21(11-13-3-9-16(10-4-13)27-18(19)20)12-17(24)22(2)14-5-7-15(8-6-14)23(25)26/h3-10,18H,11-12H2,1-2H3. The lowest BCUT2D eigenvalue weighted by molar-refractivity contribution is -0.384. The van der Waals surface area contributed by atoms with Gasteiger partial charge in [-0.05, 0) is 36.9 Å². The van der Waals surface area contributed by atoms with Gasteiger partial charge in [0.25, 0.3) is 5.69 Å². The van der Waals surface area contributed by atoms with Gasteiger partial charge in [-0.3, -0.25) is 19.8 Å². The van der Waals surface area contributed by atoms with Crippen LogP contribution in [0.25, 0.3) is 0 Å². The number of carbonyl (C=O) groups excluding carboxylic acids is 1. The molecule has 144 valence electrons. The van der Waals surface area contributed by atoms with Crippen LogP contribution in [0.4, 0.5) is 20.2 Å². The summed E-state index contributed by atoms with van der Waals surface area (Å²) in [5.41, 5.74) is 1.34. The van der Waals surface area contributed by atoms with E-state index in [-0.39, 0.29) is 23.9 Å². The van der Waals surface area contributed by atoms with Crippen molar-refractivity contribution in [2.75, 3.05) is 25.5 Å². The van der Waals surface area contributed by atoms with Crippen molar-refractivity contribution in [2.24, 2.45) is 0 Å². The maximum absolute atomic E-state index is 12.4. The number of nitrogens with zero attached hydrogens (tertiary/aromatic N) is 3. The largest absolute Gasteiger partial charge is 0.435 e. The van der Waals surface area contributed by atoms with E-state index in [1.807, 2.05) is 0 Å². The molecule has 0 saturated carbocycles. The molecule has 0 spiro atoms. The molecule has 0 bridgehead atoms. The number of carbonyl (C=O) groups is 1. The number of likely N-dealkylation sites (N-methyl/N-ethyl adjacent to an activating group) is 2. The first kappa shape index (κ1) is 20.2. The minimum Gasteiger partial charge on any atom is -0.435 e. The fraction of sp³-hybridized carbons (Fsp3) is 0.278. The molecule has 0 unspecified atom stereocenters. The highest BCUT2D eigenvalue weighted by molar-refractivity contribution is 5.94.